The molecule has 2 rings (SSSR count). The molecular weight excluding hydrogens is 252 g/mol. The molecule has 0 radical (unpaired) electrons. The Hall–Kier alpha value is -2.33. The van der Waals surface area contributed by atoms with Gasteiger partial charge in [-0.05, 0) is 30.8 Å². The lowest BCUT2D eigenvalue weighted by atomic mass is 10.1. The highest BCUT2D eigenvalue weighted by molar-refractivity contribution is 5.92. The Morgan fingerprint density at radius 2 is 1.80 bits per heavy atom. The van der Waals surface area contributed by atoms with Crippen molar-refractivity contribution in [1.82, 2.24) is 5.32 Å². The molecule has 0 unspecified atom stereocenters. The summed E-state index contributed by atoms with van der Waals surface area (Å²) in [5, 5.41) is 15.5. The second-order valence-electron chi connectivity index (χ2n) is 4.58. The average Bonchev–Trinajstić information content (AvgIpc) is 2.44. The highest BCUT2D eigenvalue weighted by Gasteiger charge is 2.07. The molecule has 0 aliphatic rings. The number of nitrogens with one attached hydrogen (secondary N) is 2. The van der Waals surface area contributed by atoms with Crippen LogP contribution in [-0.2, 0) is 17.8 Å². The zero-order chi connectivity index (χ0) is 14.4. The molecule has 0 saturated heterocycles. The van der Waals surface area contributed by atoms with Gasteiger partial charge < -0.3 is 15.7 Å². The number of anilines is 1. The fraction of sp³-hybridized carbons (Fsp3) is 0.188. The zero-order valence-electron chi connectivity index (χ0n) is 11.4. The van der Waals surface area contributed by atoms with Crippen LogP contribution >= 0.6 is 0 Å². The van der Waals surface area contributed by atoms with Crippen molar-refractivity contribution in [1.29, 1.82) is 0 Å². The summed E-state index contributed by atoms with van der Waals surface area (Å²) in [5.41, 5.74) is 2.54. The number of hydrogen-bond acceptors (Lipinski definition) is 3. The lowest BCUT2D eigenvalue weighted by Crippen LogP contribution is -2.14. The van der Waals surface area contributed by atoms with Gasteiger partial charge in [-0.1, -0.05) is 30.3 Å². The number of phenolic OH excluding ortho intramolecular Hbond substituents is 1. The second kappa shape index (κ2) is 6.73. The van der Waals surface area contributed by atoms with E-state index in [0.29, 0.717) is 5.56 Å². The minimum absolute atomic E-state index is 0.145. The van der Waals surface area contributed by atoms with Gasteiger partial charge in [0.25, 0.3) is 0 Å². The molecule has 0 aliphatic heterocycles. The summed E-state index contributed by atoms with van der Waals surface area (Å²) in [6.45, 7) is 0.798. The summed E-state index contributed by atoms with van der Waals surface area (Å²) >= 11 is 0. The first-order valence-electron chi connectivity index (χ1n) is 6.49. The maximum atomic E-state index is 11.9. The summed E-state index contributed by atoms with van der Waals surface area (Å²) in [6, 6.07) is 14.5. The third-order valence-electron chi connectivity index (χ3n) is 2.96. The largest absolute Gasteiger partial charge is 0.508 e. The number of carbonyl (C=O) groups excluding carboxylic acids is 1. The van der Waals surface area contributed by atoms with Gasteiger partial charge in [-0.15, -0.1) is 0 Å². The Labute approximate surface area is 118 Å². The predicted octanol–water partition coefficient (Wildman–Crippen LogP) is 2.29. The van der Waals surface area contributed by atoms with Crippen molar-refractivity contribution in [3.05, 3.63) is 59.7 Å². The van der Waals surface area contributed by atoms with Crippen molar-refractivity contribution < 1.29 is 9.90 Å². The maximum Gasteiger partial charge on any atom is 0.228 e. The molecule has 4 nitrogen and oxygen atoms in total. The van der Waals surface area contributed by atoms with Crippen LogP contribution in [0.5, 0.6) is 5.75 Å². The number of amides is 1. The number of aromatic hydroxyl groups is 1. The zero-order valence-corrected chi connectivity index (χ0v) is 11.4. The summed E-state index contributed by atoms with van der Waals surface area (Å²) in [7, 11) is 1.89. The summed E-state index contributed by atoms with van der Waals surface area (Å²) < 4.78 is 0. The molecule has 3 N–H and O–H groups in total. The van der Waals surface area contributed by atoms with E-state index in [1.807, 2.05) is 31.3 Å². The number of rotatable bonds is 5. The van der Waals surface area contributed by atoms with Crippen LogP contribution in [0.15, 0.2) is 48.5 Å². The van der Waals surface area contributed by atoms with E-state index in [-0.39, 0.29) is 18.1 Å². The van der Waals surface area contributed by atoms with E-state index in [4.69, 9.17) is 0 Å². The van der Waals surface area contributed by atoms with E-state index >= 15 is 0 Å². The minimum Gasteiger partial charge on any atom is -0.508 e. The SMILES string of the molecule is CNCc1ccc(NC(=O)Cc2ccccc2O)cc1. The Bertz CT molecular complexity index is 579. The number of phenols is 1. The number of benzene rings is 2. The van der Waals surface area contributed by atoms with Gasteiger partial charge in [0.2, 0.25) is 5.91 Å². The highest BCUT2D eigenvalue weighted by atomic mass is 16.3. The maximum absolute atomic E-state index is 11.9. The molecule has 1 amide bonds. The van der Waals surface area contributed by atoms with Gasteiger partial charge in [0.15, 0.2) is 0 Å². The standard InChI is InChI=1S/C16H18N2O2/c1-17-11-12-6-8-14(9-7-12)18-16(20)10-13-4-2-3-5-15(13)19/h2-9,17,19H,10-11H2,1H3,(H,18,20). The van der Waals surface area contributed by atoms with E-state index in [9.17, 15) is 9.90 Å². The third kappa shape index (κ3) is 3.83. The van der Waals surface area contributed by atoms with Gasteiger partial charge in [0, 0.05) is 17.8 Å². The smallest absolute Gasteiger partial charge is 0.228 e. The van der Waals surface area contributed by atoms with Crippen LogP contribution < -0.4 is 10.6 Å². The van der Waals surface area contributed by atoms with E-state index in [1.54, 1.807) is 24.3 Å². The Balaban J connectivity index is 1.96. The molecule has 0 spiro atoms. The lowest BCUT2D eigenvalue weighted by Gasteiger charge is -2.07. The van der Waals surface area contributed by atoms with Crippen LogP contribution in [0.25, 0.3) is 0 Å². The third-order valence-corrected chi connectivity index (χ3v) is 2.96. The van der Waals surface area contributed by atoms with Crippen LogP contribution in [0.1, 0.15) is 11.1 Å². The van der Waals surface area contributed by atoms with Crippen molar-refractivity contribution >= 4 is 11.6 Å². The van der Waals surface area contributed by atoms with Gasteiger partial charge in [0.1, 0.15) is 5.75 Å². The molecule has 2 aromatic rings. The van der Waals surface area contributed by atoms with E-state index < -0.39 is 0 Å². The molecule has 0 atom stereocenters. The van der Waals surface area contributed by atoms with Crippen LogP contribution in [0.3, 0.4) is 0 Å². The summed E-state index contributed by atoms with van der Waals surface area (Å²) in [5.74, 6) is -0.000107. The second-order valence-corrected chi connectivity index (χ2v) is 4.58. The van der Waals surface area contributed by atoms with Crippen LogP contribution in [0.4, 0.5) is 5.69 Å². The van der Waals surface area contributed by atoms with Crippen molar-refractivity contribution in [2.45, 2.75) is 13.0 Å². The molecule has 0 bridgehead atoms. The van der Waals surface area contributed by atoms with Crippen molar-refractivity contribution in [3.63, 3.8) is 0 Å². The fourth-order valence-electron chi connectivity index (χ4n) is 1.95. The minimum atomic E-state index is -0.145. The first-order chi connectivity index (χ1) is 9.69. The molecule has 4 heteroatoms. The number of para-hydroxylation sites is 1. The van der Waals surface area contributed by atoms with Crippen LogP contribution in [0, 0.1) is 0 Å². The lowest BCUT2D eigenvalue weighted by molar-refractivity contribution is -0.115. The average molecular weight is 270 g/mol. The topological polar surface area (TPSA) is 61.4 Å². The highest BCUT2D eigenvalue weighted by Crippen LogP contribution is 2.17. The molecule has 0 saturated carbocycles. The molecule has 0 aromatic heterocycles. The normalized spacial score (nSPS) is 10.2. The molecule has 20 heavy (non-hydrogen) atoms. The summed E-state index contributed by atoms with van der Waals surface area (Å²) in [4.78, 5) is 11.9. The van der Waals surface area contributed by atoms with Gasteiger partial charge in [0.05, 0.1) is 6.42 Å². The van der Waals surface area contributed by atoms with Crippen molar-refractivity contribution in [3.8, 4) is 5.75 Å². The van der Waals surface area contributed by atoms with Crippen molar-refractivity contribution in [2.75, 3.05) is 12.4 Å². The van der Waals surface area contributed by atoms with Crippen LogP contribution in [-0.4, -0.2) is 18.1 Å². The summed E-state index contributed by atoms with van der Waals surface area (Å²) in [6.07, 6.45) is 0.158. The van der Waals surface area contributed by atoms with E-state index in [1.165, 1.54) is 0 Å². The van der Waals surface area contributed by atoms with Gasteiger partial charge in [-0.25, -0.2) is 0 Å². The van der Waals surface area contributed by atoms with Gasteiger partial charge in [-0.2, -0.15) is 0 Å². The Morgan fingerprint density at radius 1 is 1.10 bits per heavy atom. The van der Waals surface area contributed by atoms with E-state index in [2.05, 4.69) is 10.6 Å². The number of hydrogen-bond donors (Lipinski definition) is 3. The Kier molecular flexibility index (Phi) is 4.74. The molecule has 0 aliphatic carbocycles. The number of carbonyl (C=O) groups is 1. The predicted molar refractivity (Wildman–Crippen MR) is 79.6 cm³/mol. The fourth-order valence-corrected chi connectivity index (χ4v) is 1.95. The van der Waals surface area contributed by atoms with Crippen molar-refractivity contribution in [2.24, 2.45) is 0 Å². The first-order valence-corrected chi connectivity index (χ1v) is 6.49. The molecular formula is C16H18N2O2. The molecule has 2 aromatic carbocycles. The monoisotopic (exact) mass is 270 g/mol. The van der Waals surface area contributed by atoms with Gasteiger partial charge in [-0.3, -0.25) is 4.79 Å². The first kappa shape index (κ1) is 14.1. The quantitative estimate of drug-likeness (QED) is 0.781. The van der Waals surface area contributed by atoms with Gasteiger partial charge >= 0.3 is 0 Å². The molecule has 104 valence electrons. The molecule has 0 heterocycles. The Morgan fingerprint density at radius 3 is 2.45 bits per heavy atom. The van der Waals surface area contributed by atoms with Crippen LogP contribution in [0.2, 0.25) is 0 Å². The molecule has 0 fully saturated rings. The van der Waals surface area contributed by atoms with E-state index in [0.717, 1.165) is 17.8 Å².